The van der Waals surface area contributed by atoms with Gasteiger partial charge in [-0.3, -0.25) is 4.79 Å². The molecule has 3 aromatic rings. The quantitative estimate of drug-likeness (QED) is 0.186. The molecule has 0 aliphatic heterocycles. The molecule has 0 heterocycles. The van der Waals surface area contributed by atoms with Crippen LogP contribution in [0.2, 0.25) is 0 Å². The van der Waals surface area contributed by atoms with E-state index in [0.717, 1.165) is 41.5 Å². The number of benzene rings is 3. The molecule has 0 aromatic heterocycles. The van der Waals surface area contributed by atoms with Crippen molar-refractivity contribution in [2.24, 2.45) is 5.92 Å². The van der Waals surface area contributed by atoms with Crippen LogP contribution in [0, 0.1) is 19.8 Å². The number of esters is 1. The molecule has 0 unspecified atom stereocenters. The van der Waals surface area contributed by atoms with Crippen molar-refractivity contribution in [3.05, 3.63) is 89.0 Å². The number of nitrogens with one attached hydrogen (secondary N) is 1. The van der Waals surface area contributed by atoms with Crippen LogP contribution in [0.5, 0.6) is 0 Å². The molecule has 0 radical (unpaired) electrons. The van der Waals surface area contributed by atoms with Crippen molar-refractivity contribution in [2.75, 3.05) is 25.7 Å². The molecule has 1 N–H and O–H groups in total. The van der Waals surface area contributed by atoms with E-state index >= 15 is 0 Å². The number of hydrogen-bond donors (Lipinski definition) is 1. The highest BCUT2D eigenvalue weighted by Gasteiger charge is 2.28. The minimum atomic E-state index is -3.77. The van der Waals surface area contributed by atoms with Gasteiger partial charge in [-0.05, 0) is 91.1 Å². The number of thioether (sulfide) groups is 1. The molecule has 7 nitrogen and oxygen atoms in total. The van der Waals surface area contributed by atoms with Crippen LogP contribution < -0.4 is 5.32 Å². The van der Waals surface area contributed by atoms with E-state index in [1.165, 1.54) is 26.4 Å². The molecule has 1 atom stereocenters. The van der Waals surface area contributed by atoms with Gasteiger partial charge in [-0.15, -0.1) is 0 Å². The predicted octanol–water partition coefficient (Wildman–Crippen LogP) is 7.16. The van der Waals surface area contributed by atoms with Crippen molar-refractivity contribution in [1.82, 2.24) is 9.62 Å². The Morgan fingerprint density at radius 3 is 2.36 bits per heavy atom. The molecule has 0 bridgehead atoms. The summed E-state index contributed by atoms with van der Waals surface area (Å²) in [4.78, 5) is 26.4. The molecule has 1 aliphatic carbocycles. The smallest absolute Gasteiger partial charge is 0.328 e. The number of aryl methyl sites for hydroxylation is 2. The van der Waals surface area contributed by atoms with E-state index in [2.05, 4.69) is 5.32 Å². The van der Waals surface area contributed by atoms with Crippen molar-refractivity contribution in [1.29, 1.82) is 0 Å². The first kappa shape index (κ1) is 34.7. The molecule has 4 rings (SSSR count). The second-order valence-electron chi connectivity index (χ2n) is 12.0. The molecule has 45 heavy (non-hydrogen) atoms. The largest absolute Gasteiger partial charge is 0.467 e. The fourth-order valence-electron chi connectivity index (χ4n) is 6.00. The highest BCUT2D eigenvalue weighted by Crippen LogP contribution is 2.31. The van der Waals surface area contributed by atoms with E-state index in [-0.39, 0.29) is 17.3 Å². The third-order valence-corrected chi connectivity index (χ3v) is 11.2. The Morgan fingerprint density at radius 2 is 1.69 bits per heavy atom. The lowest BCUT2D eigenvalue weighted by molar-refractivity contribution is -0.142. The SMILES string of the molecule is COC(=O)[C@H](CCSC)NC(=O)c1ccc(CN(CCC2CCCCC2)S(=O)(=O)c2ccc(C)cc2)cc1-c1ccccc1C. The van der Waals surface area contributed by atoms with Crippen molar-refractivity contribution < 1.29 is 22.7 Å². The molecule has 1 aliphatic rings. The standard InChI is InChI=1S/C36H46N2O5S2/c1-26-14-17-30(18-15-26)45(41,42)38(22-20-28-11-6-5-7-12-28)25-29-16-19-32(33(24-29)31-13-9-8-10-27(31)2)35(39)37-34(21-23-44-4)36(40)43-3/h8-10,13-19,24,28,34H,5-7,11-12,20-23,25H2,1-4H3,(H,37,39)/t34-/m0/s1. The number of methoxy groups -OCH3 is 1. The zero-order chi connectivity index (χ0) is 32.4. The summed E-state index contributed by atoms with van der Waals surface area (Å²) in [7, 11) is -2.45. The molecule has 3 aromatic carbocycles. The van der Waals surface area contributed by atoms with Crippen molar-refractivity contribution in [3.8, 4) is 11.1 Å². The van der Waals surface area contributed by atoms with Gasteiger partial charge in [0.2, 0.25) is 10.0 Å². The molecule has 0 spiro atoms. The van der Waals surface area contributed by atoms with Crippen LogP contribution in [0.4, 0.5) is 0 Å². The minimum absolute atomic E-state index is 0.183. The van der Waals surface area contributed by atoms with Crippen molar-refractivity contribution in [3.63, 3.8) is 0 Å². The van der Waals surface area contributed by atoms with E-state index in [4.69, 9.17) is 4.74 Å². The predicted molar refractivity (Wildman–Crippen MR) is 183 cm³/mol. The lowest BCUT2D eigenvalue weighted by Crippen LogP contribution is -2.42. The lowest BCUT2D eigenvalue weighted by atomic mass is 9.87. The first-order chi connectivity index (χ1) is 21.6. The van der Waals surface area contributed by atoms with E-state index in [1.807, 2.05) is 68.6 Å². The monoisotopic (exact) mass is 650 g/mol. The van der Waals surface area contributed by atoms with Gasteiger partial charge in [0.1, 0.15) is 6.04 Å². The maximum Gasteiger partial charge on any atom is 0.328 e. The molecule has 1 saturated carbocycles. The second-order valence-corrected chi connectivity index (χ2v) is 14.9. The average molecular weight is 651 g/mol. The topological polar surface area (TPSA) is 92.8 Å². The summed E-state index contributed by atoms with van der Waals surface area (Å²) in [5.74, 6) is 0.353. The maximum atomic E-state index is 14.0. The summed E-state index contributed by atoms with van der Waals surface area (Å²) in [6.45, 7) is 4.54. The molecule has 9 heteroatoms. The van der Waals surface area contributed by atoms with Gasteiger partial charge in [0.05, 0.1) is 12.0 Å². The maximum absolute atomic E-state index is 14.0. The lowest BCUT2D eigenvalue weighted by Gasteiger charge is -2.27. The Balaban J connectivity index is 1.70. The van der Waals surface area contributed by atoms with E-state index in [9.17, 15) is 18.0 Å². The molecule has 242 valence electrons. The molecular weight excluding hydrogens is 605 g/mol. The van der Waals surface area contributed by atoms with Crippen LogP contribution in [-0.4, -0.2) is 56.3 Å². The average Bonchev–Trinajstić information content (AvgIpc) is 3.05. The third kappa shape index (κ3) is 9.21. The summed E-state index contributed by atoms with van der Waals surface area (Å²) >= 11 is 1.59. The molecule has 1 fully saturated rings. The summed E-state index contributed by atoms with van der Waals surface area (Å²) in [6, 6.07) is 19.5. The number of hydrogen-bond acceptors (Lipinski definition) is 6. The summed E-state index contributed by atoms with van der Waals surface area (Å²) in [5, 5.41) is 2.88. The van der Waals surface area contributed by atoms with Gasteiger partial charge in [-0.2, -0.15) is 16.1 Å². The number of nitrogens with zero attached hydrogens (tertiary/aromatic N) is 1. The fourth-order valence-corrected chi connectivity index (χ4v) is 7.91. The third-order valence-electron chi connectivity index (χ3n) is 8.69. The number of carbonyl (C=O) groups is 2. The zero-order valence-electron chi connectivity index (χ0n) is 26.9. The number of ether oxygens (including phenoxy) is 1. The molecule has 0 saturated heterocycles. The van der Waals surface area contributed by atoms with E-state index < -0.39 is 22.0 Å². The highest BCUT2D eigenvalue weighted by molar-refractivity contribution is 7.98. The van der Waals surface area contributed by atoms with Crippen LogP contribution in [0.1, 0.15) is 72.0 Å². The van der Waals surface area contributed by atoms with Crippen LogP contribution in [0.3, 0.4) is 0 Å². The summed E-state index contributed by atoms with van der Waals surface area (Å²) < 4.78 is 34.6. The Kier molecular flexibility index (Phi) is 12.7. The van der Waals surface area contributed by atoms with Crippen molar-refractivity contribution >= 4 is 33.7 Å². The Morgan fingerprint density at radius 1 is 0.978 bits per heavy atom. The zero-order valence-corrected chi connectivity index (χ0v) is 28.5. The van der Waals surface area contributed by atoms with Gasteiger partial charge in [0.15, 0.2) is 0 Å². The minimum Gasteiger partial charge on any atom is -0.467 e. The first-order valence-corrected chi connectivity index (χ1v) is 18.6. The van der Waals surface area contributed by atoms with Gasteiger partial charge in [-0.1, -0.05) is 80.1 Å². The van der Waals surface area contributed by atoms with Crippen molar-refractivity contribution in [2.45, 2.75) is 76.3 Å². The second kappa shape index (κ2) is 16.4. The number of sulfonamides is 1. The molecule has 1 amide bonds. The Labute approximate surface area is 273 Å². The first-order valence-electron chi connectivity index (χ1n) is 15.8. The van der Waals surface area contributed by atoms with Gasteiger partial charge in [0.25, 0.3) is 5.91 Å². The summed E-state index contributed by atoms with van der Waals surface area (Å²) in [5.41, 5.74) is 4.76. The van der Waals surface area contributed by atoms with Gasteiger partial charge < -0.3 is 10.1 Å². The van der Waals surface area contributed by atoms with Crippen LogP contribution in [0.15, 0.2) is 71.6 Å². The van der Waals surface area contributed by atoms with Crippen LogP contribution >= 0.6 is 11.8 Å². The number of rotatable bonds is 14. The fraction of sp³-hybridized carbons (Fsp3) is 0.444. The Bertz CT molecular complexity index is 1550. The molecular formula is C36H46N2O5S2. The van der Waals surface area contributed by atoms with Gasteiger partial charge in [0, 0.05) is 18.7 Å². The van der Waals surface area contributed by atoms with E-state index in [0.29, 0.717) is 35.8 Å². The summed E-state index contributed by atoms with van der Waals surface area (Å²) in [6.07, 6.45) is 9.15. The van der Waals surface area contributed by atoms with Crippen LogP contribution in [-0.2, 0) is 26.1 Å². The van der Waals surface area contributed by atoms with Gasteiger partial charge >= 0.3 is 5.97 Å². The van der Waals surface area contributed by atoms with E-state index in [1.54, 1.807) is 34.3 Å². The van der Waals surface area contributed by atoms with Gasteiger partial charge in [-0.25, -0.2) is 13.2 Å². The van der Waals surface area contributed by atoms with Crippen LogP contribution in [0.25, 0.3) is 11.1 Å². The highest BCUT2D eigenvalue weighted by atomic mass is 32.2. The Hall–Kier alpha value is -3.14. The normalized spacial score (nSPS) is 14.7. The number of carbonyl (C=O) groups excluding carboxylic acids is 2. The number of amides is 1.